The molecular weight excluding hydrogens is 266 g/mol. The Labute approximate surface area is 114 Å². The first kappa shape index (κ1) is 13.6. The molecule has 0 bridgehead atoms. The number of aromatic nitrogens is 3. The van der Waals surface area contributed by atoms with Crippen molar-refractivity contribution >= 4 is 22.4 Å². The topological polar surface area (TPSA) is 84.2 Å². The smallest absolute Gasteiger partial charge is 0.243 e. The van der Waals surface area contributed by atoms with Gasteiger partial charge in [0.1, 0.15) is 5.51 Å². The van der Waals surface area contributed by atoms with E-state index in [1.807, 2.05) is 31.9 Å². The fourth-order valence-electron chi connectivity index (χ4n) is 1.51. The zero-order valence-electron chi connectivity index (χ0n) is 11.0. The van der Waals surface area contributed by atoms with E-state index >= 15 is 0 Å². The van der Waals surface area contributed by atoms with Gasteiger partial charge in [0.15, 0.2) is 5.76 Å². The van der Waals surface area contributed by atoms with Crippen LogP contribution in [0.3, 0.4) is 0 Å². The van der Waals surface area contributed by atoms with E-state index in [9.17, 15) is 4.79 Å². The van der Waals surface area contributed by atoms with Crippen molar-refractivity contribution in [2.24, 2.45) is 0 Å². The van der Waals surface area contributed by atoms with Crippen LogP contribution in [0.4, 0.5) is 5.13 Å². The summed E-state index contributed by atoms with van der Waals surface area (Å²) in [6.45, 7) is 4.20. The van der Waals surface area contributed by atoms with E-state index in [4.69, 9.17) is 4.52 Å². The highest BCUT2D eigenvalue weighted by Gasteiger charge is 2.20. The first-order valence-electron chi connectivity index (χ1n) is 5.75. The summed E-state index contributed by atoms with van der Waals surface area (Å²) in [5.41, 5.74) is 2.40. The molecule has 0 saturated carbocycles. The molecule has 0 aliphatic heterocycles. The molecule has 0 spiro atoms. The van der Waals surface area contributed by atoms with Crippen molar-refractivity contribution in [2.45, 2.75) is 26.4 Å². The van der Waals surface area contributed by atoms with Crippen molar-refractivity contribution in [3.05, 3.63) is 23.0 Å². The Bertz CT molecular complexity index is 539. The maximum absolute atomic E-state index is 12.0. The predicted octanol–water partition coefficient (Wildman–Crippen LogP) is 1.29. The summed E-state index contributed by atoms with van der Waals surface area (Å²) < 4.78 is 5.13. The Morgan fingerprint density at radius 3 is 3.00 bits per heavy atom. The summed E-state index contributed by atoms with van der Waals surface area (Å²) in [4.78, 5) is 13.9. The predicted molar refractivity (Wildman–Crippen MR) is 70.7 cm³/mol. The molecule has 19 heavy (non-hydrogen) atoms. The summed E-state index contributed by atoms with van der Waals surface area (Å²) in [5, 5.41) is 14.5. The number of carbonyl (C=O) groups is 1. The van der Waals surface area contributed by atoms with Gasteiger partial charge in [0.25, 0.3) is 0 Å². The van der Waals surface area contributed by atoms with Crippen molar-refractivity contribution < 1.29 is 9.32 Å². The molecule has 0 saturated heterocycles. The first-order valence-corrected chi connectivity index (χ1v) is 6.63. The number of carbonyl (C=O) groups excluding carboxylic acids is 1. The van der Waals surface area contributed by atoms with Gasteiger partial charge in [0.2, 0.25) is 11.0 Å². The summed E-state index contributed by atoms with van der Waals surface area (Å²) in [7, 11) is 1.85. The maximum Gasteiger partial charge on any atom is 0.243 e. The molecule has 102 valence electrons. The molecule has 1 amide bonds. The molecule has 0 aromatic carbocycles. The molecular formula is C11H15N5O2S. The van der Waals surface area contributed by atoms with Crippen LogP contribution in [0, 0.1) is 6.92 Å². The monoisotopic (exact) mass is 281 g/mol. The largest absolute Gasteiger partial charge is 0.360 e. The van der Waals surface area contributed by atoms with Crippen molar-refractivity contribution in [3.8, 4) is 0 Å². The van der Waals surface area contributed by atoms with Gasteiger partial charge in [-0.15, -0.1) is 10.2 Å². The van der Waals surface area contributed by atoms with Crippen LogP contribution in [0.5, 0.6) is 0 Å². The van der Waals surface area contributed by atoms with Gasteiger partial charge in [-0.2, -0.15) is 0 Å². The van der Waals surface area contributed by atoms with Crippen LogP contribution in [-0.4, -0.2) is 39.3 Å². The van der Waals surface area contributed by atoms with Crippen molar-refractivity contribution in [1.29, 1.82) is 0 Å². The van der Waals surface area contributed by atoms with Crippen LogP contribution in [0.15, 0.2) is 16.1 Å². The Morgan fingerprint density at radius 1 is 1.63 bits per heavy atom. The molecule has 0 aliphatic carbocycles. The maximum atomic E-state index is 12.0. The number of nitrogens with zero attached hydrogens (tertiary/aromatic N) is 4. The lowest BCUT2D eigenvalue weighted by Gasteiger charge is -2.21. The Balaban J connectivity index is 1.91. The van der Waals surface area contributed by atoms with Crippen LogP contribution in [0.1, 0.15) is 18.4 Å². The number of aryl methyl sites for hydroxylation is 1. The van der Waals surface area contributed by atoms with Gasteiger partial charge in [-0.25, -0.2) is 0 Å². The molecule has 2 aromatic heterocycles. The van der Waals surface area contributed by atoms with Gasteiger partial charge in [0.05, 0.1) is 18.3 Å². The molecule has 0 aliphatic rings. The third kappa shape index (κ3) is 3.58. The fraction of sp³-hybridized carbons (Fsp3) is 0.455. The highest BCUT2D eigenvalue weighted by molar-refractivity contribution is 7.13. The second-order valence-corrected chi connectivity index (χ2v) is 5.09. The van der Waals surface area contributed by atoms with E-state index in [1.165, 1.54) is 11.3 Å². The van der Waals surface area contributed by atoms with Crippen LogP contribution in [0.25, 0.3) is 0 Å². The highest BCUT2D eigenvalue weighted by atomic mass is 32.1. The van der Waals surface area contributed by atoms with E-state index in [1.54, 1.807) is 5.51 Å². The Hall–Kier alpha value is -1.80. The summed E-state index contributed by atoms with van der Waals surface area (Å²) in [6, 6.07) is 1.54. The molecule has 2 rings (SSSR count). The molecule has 1 N–H and O–H groups in total. The molecule has 7 nitrogen and oxygen atoms in total. The second kappa shape index (κ2) is 5.89. The molecule has 8 heteroatoms. The third-order valence-corrected chi connectivity index (χ3v) is 3.32. The first-order chi connectivity index (χ1) is 9.06. The SMILES string of the molecule is Cc1cc(CN(C)C(C)C(=O)Nc2nncs2)on1. The van der Waals surface area contributed by atoms with Crippen molar-refractivity contribution in [2.75, 3.05) is 12.4 Å². The standard InChI is InChI=1S/C11H15N5O2S/c1-7-4-9(18-15-7)5-16(3)8(2)10(17)13-11-14-12-6-19-11/h4,6,8H,5H2,1-3H3,(H,13,14,17). The van der Waals surface area contributed by atoms with Gasteiger partial charge >= 0.3 is 0 Å². The zero-order valence-corrected chi connectivity index (χ0v) is 11.8. The summed E-state index contributed by atoms with van der Waals surface area (Å²) in [6.07, 6.45) is 0. The number of rotatable bonds is 5. The van der Waals surface area contributed by atoms with E-state index in [0.717, 1.165) is 11.5 Å². The molecule has 2 aromatic rings. The lowest BCUT2D eigenvalue weighted by molar-refractivity contribution is -0.120. The van der Waals surface area contributed by atoms with Crippen LogP contribution in [0.2, 0.25) is 0 Å². The number of anilines is 1. The molecule has 0 fully saturated rings. The van der Waals surface area contributed by atoms with E-state index in [-0.39, 0.29) is 11.9 Å². The van der Waals surface area contributed by atoms with Gasteiger partial charge < -0.3 is 4.52 Å². The van der Waals surface area contributed by atoms with Crippen molar-refractivity contribution in [3.63, 3.8) is 0 Å². The highest BCUT2D eigenvalue weighted by Crippen LogP contribution is 2.11. The second-order valence-electron chi connectivity index (χ2n) is 4.26. The number of likely N-dealkylation sites (N-methyl/N-ethyl adjacent to an activating group) is 1. The van der Waals surface area contributed by atoms with E-state index in [2.05, 4.69) is 20.7 Å². The minimum absolute atomic E-state index is 0.129. The molecule has 2 heterocycles. The average molecular weight is 281 g/mol. The number of nitrogens with one attached hydrogen (secondary N) is 1. The van der Waals surface area contributed by atoms with Gasteiger partial charge in [-0.05, 0) is 20.9 Å². The van der Waals surface area contributed by atoms with Gasteiger partial charge in [0, 0.05) is 6.07 Å². The van der Waals surface area contributed by atoms with Gasteiger partial charge in [-0.1, -0.05) is 16.5 Å². The van der Waals surface area contributed by atoms with Crippen LogP contribution < -0.4 is 5.32 Å². The summed E-state index contributed by atoms with van der Waals surface area (Å²) in [5.74, 6) is 0.603. The zero-order chi connectivity index (χ0) is 13.8. The number of amides is 1. The Kier molecular flexibility index (Phi) is 4.23. The summed E-state index contributed by atoms with van der Waals surface area (Å²) >= 11 is 1.29. The number of hydrogen-bond acceptors (Lipinski definition) is 7. The normalized spacial score (nSPS) is 12.6. The van der Waals surface area contributed by atoms with Crippen LogP contribution >= 0.6 is 11.3 Å². The Morgan fingerprint density at radius 2 is 2.42 bits per heavy atom. The number of hydrogen-bond donors (Lipinski definition) is 1. The average Bonchev–Trinajstić information content (AvgIpc) is 3.00. The third-order valence-electron chi connectivity index (χ3n) is 2.71. The minimum Gasteiger partial charge on any atom is -0.360 e. The fourth-order valence-corrected chi connectivity index (χ4v) is 1.96. The van der Waals surface area contributed by atoms with E-state index in [0.29, 0.717) is 11.7 Å². The molecule has 1 atom stereocenters. The van der Waals surface area contributed by atoms with Gasteiger partial charge in [-0.3, -0.25) is 15.0 Å². The molecule has 0 radical (unpaired) electrons. The lowest BCUT2D eigenvalue weighted by Crippen LogP contribution is -2.39. The van der Waals surface area contributed by atoms with E-state index < -0.39 is 0 Å². The minimum atomic E-state index is -0.311. The molecule has 1 unspecified atom stereocenters. The van der Waals surface area contributed by atoms with Crippen LogP contribution in [-0.2, 0) is 11.3 Å². The quantitative estimate of drug-likeness (QED) is 0.889. The lowest BCUT2D eigenvalue weighted by atomic mass is 10.2. The van der Waals surface area contributed by atoms with Crippen molar-refractivity contribution in [1.82, 2.24) is 20.3 Å².